The van der Waals surface area contributed by atoms with Crippen molar-refractivity contribution in [3.63, 3.8) is 0 Å². The molecule has 2 bridgehead atoms. The Bertz CT molecular complexity index is 832. The number of amides is 2. The molecule has 2 atom stereocenters. The zero-order chi connectivity index (χ0) is 19.0. The van der Waals surface area contributed by atoms with Crippen LogP contribution in [0.1, 0.15) is 29.6 Å². The molecule has 8 nitrogen and oxygen atoms in total. The molecule has 3 saturated heterocycles. The van der Waals surface area contributed by atoms with Gasteiger partial charge in [0.15, 0.2) is 0 Å². The summed E-state index contributed by atoms with van der Waals surface area (Å²) in [6.07, 6.45) is 2.99. The third-order valence-electron chi connectivity index (χ3n) is 5.63. The molecule has 3 aliphatic heterocycles. The second-order valence-corrected chi connectivity index (χ2v) is 9.24. The third-order valence-corrected chi connectivity index (χ3v) is 7.49. The van der Waals surface area contributed by atoms with Gasteiger partial charge in [-0.25, -0.2) is 8.42 Å². The largest absolute Gasteiger partial charge is 0.354 e. The smallest absolute Gasteiger partial charge is 0.254 e. The molecule has 0 spiro atoms. The van der Waals surface area contributed by atoms with Gasteiger partial charge in [0.1, 0.15) is 0 Å². The second kappa shape index (κ2) is 8.36. The molecular formula is C18H25ClN4O4S. The molecule has 1 aromatic carbocycles. The molecule has 2 N–H and O–H groups in total. The number of carbonyl (C=O) groups is 2. The number of sulfonamides is 1. The van der Waals surface area contributed by atoms with Crippen molar-refractivity contribution in [2.24, 2.45) is 0 Å². The van der Waals surface area contributed by atoms with Crippen LogP contribution in [-0.4, -0.2) is 74.2 Å². The zero-order valence-corrected chi connectivity index (χ0v) is 17.1. The maximum Gasteiger partial charge on any atom is 0.254 e. The lowest BCUT2D eigenvalue weighted by Crippen LogP contribution is -2.49. The van der Waals surface area contributed by atoms with Crippen molar-refractivity contribution >= 4 is 34.2 Å². The normalized spacial score (nSPS) is 25.6. The molecule has 2 unspecified atom stereocenters. The Morgan fingerprint density at radius 1 is 1.04 bits per heavy atom. The minimum Gasteiger partial charge on any atom is -0.354 e. The van der Waals surface area contributed by atoms with Crippen LogP contribution in [0.25, 0.3) is 0 Å². The summed E-state index contributed by atoms with van der Waals surface area (Å²) in [6.45, 7) is 2.11. The van der Waals surface area contributed by atoms with Gasteiger partial charge in [-0.05, 0) is 50.1 Å². The number of carbonyl (C=O) groups excluding carboxylic acids is 2. The van der Waals surface area contributed by atoms with Crippen LogP contribution >= 0.6 is 12.4 Å². The molecule has 0 aliphatic carbocycles. The molecular weight excluding hydrogens is 404 g/mol. The van der Waals surface area contributed by atoms with Crippen molar-refractivity contribution in [1.29, 1.82) is 0 Å². The molecule has 2 amide bonds. The van der Waals surface area contributed by atoms with E-state index in [4.69, 9.17) is 0 Å². The van der Waals surface area contributed by atoms with Crippen LogP contribution < -0.4 is 10.6 Å². The van der Waals surface area contributed by atoms with Gasteiger partial charge in [0.25, 0.3) is 5.91 Å². The number of fused-ring (bicyclic) bond motifs is 2. The minimum atomic E-state index is -3.74. The summed E-state index contributed by atoms with van der Waals surface area (Å²) in [7, 11) is -3.74. The fourth-order valence-electron chi connectivity index (χ4n) is 4.20. The van der Waals surface area contributed by atoms with Gasteiger partial charge in [0.05, 0.1) is 11.4 Å². The average molecular weight is 429 g/mol. The summed E-state index contributed by atoms with van der Waals surface area (Å²) >= 11 is 0. The Morgan fingerprint density at radius 3 is 2.46 bits per heavy atom. The molecule has 4 rings (SSSR count). The molecule has 3 aliphatic rings. The molecule has 0 radical (unpaired) electrons. The topological polar surface area (TPSA) is 98.8 Å². The summed E-state index contributed by atoms with van der Waals surface area (Å²) in [5, 5.41) is 5.99. The van der Waals surface area contributed by atoms with Crippen molar-refractivity contribution in [3.8, 4) is 0 Å². The van der Waals surface area contributed by atoms with Gasteiger partial charge < -0.3 is 15.5 Å². The highest BCUT2D eigenvalue weighted by molar-refractivity contribution is 7.89. The van der Waals surface area contributed by atoms with Crippen LogP contribution in [0.5, 0.6) is 0 Å². The summed E-state index contributed by atoms with van der Waals surface area (Å²) in [5.41, 5.74) is 0.504. The molecule has 3 fully saturated rings. The SMILES string of the molecule is Cl.O=C1CN(S(=O)(=O)c2ccc(C(=O)N3C4CCNCC3CC4)cc2)CCN1. The average Bonchev–Trinajstić information content (AvgIpc) is 2.94. The van der Waals surface area contributed by atoms with E-state index in [2.05, 4.69) is 10.6 Å². The molecule has 1 aromatic rings. The summed E-state index contributed by atoms with van der Waals surface area (Å²) < 4.78 is 26.6. The molecule has 28 heavy (non-hydrogen) atoms. The minimum absolute atomic E-state index is 0. The van der Waals surface area contributed by atoms with Gasteiger partial charge in [-0.15, -0.1) is 12.4 Å². The van der Waals surface area contributed by atoms with E-state index < -0.39 is 10.0 Å². The Kier molecular flexibility index (Phi) is 6.28. The maximum atomic E-state index is 13.0. The molecule has 3 heterocycles. The van der Waals surface area contributed by atoms with Gasteiger partial charge in [-0.2, -0.15) is 4.31 Å². The highest BCUT2D eigenvalue weighted by atomic mass is 35.5. The first-order valence-electron chi connectivity index (χ1n) is 9.37. The van der Waals surface area contributed by atoms with E-state index in [1.165, 1.54) is 16.4 Å². The van der Waals surface area contributed by atoms with Crippen molar-refractivity contribution in [2.75, 3.05) is 32.7 Å². The van der Waals surface area contributed by atoms with Crippen molar-refractivity contribution in [3.05, 3.63) is 29.8 Å². The van der Waals surface area contributed by atoms with Crippen molar-refractivity contribution in [1.82, 2.24) is 19.8 Å². The van der Waals surface area contributed by atoms with Gasteiger partial charge in [0, 0.05) is 37.3 Å². The molecule has 0 aromatic heterocycles. The number of nitrogens with zero attached hydrogens (tertiary/aromatic N) is 2. The van der Waals surface area contributed by atoms with Gasteiger partial charge in [-0.1, -0.05) is 0 Å². The third kappa shape index (κ3) is 3.89. The number of hydrogen-bond acceptors (Lipinski definition) is 5. The summed E-state index contributed by atoms with van der Waals surface area (Å²) in [5.74, 6) is -0.339. The predicted octanol–water partition coefficient (Wildman–Crippen LogP) is 0.195. The predicted molar refractivity (Wildman–Crippen MR) is 106 cm³/mol. The van der Waals surface area contributed by atoms with Crippen LogP contribution in [0.4, 0.5) is 0 Å². The number of rotatable bonds is 3. The van der Waals surface area contributed by atoms with Gasteiger partial charge >= 0.3 is 0 Å². The van der Waals surface area contributed by atoms with Gasteiger partial charge in [0.2, 0.25) is 15.9 Å². The van der Waals surface area contributed by atoms with Gasteiger partial charge in [-0.3, -0.25) is 9.59 Å². The van der Waals surface area contributed by atoms with Crippen LogP contribution in [0.2, 0.25) is 0 Å². The monoisotopic (exact) mass is 428 g/mol. The Labute approximate surface area is 171 Å². The lowest BCUT2D eigenvalue weighted by molar-refractivity contribution is -0.122. The fourth-order valence-corrected chi connectivity index (χ4v) is 5.60. The van der Waals surface area contributed by atoms with E-state index in [0.717, 1.165) is 32.4 Å². The fraction of sp³-hybridized carbons (Fsp3) is 0.556. The van der Waals surface area contributed by atoms with E-state index in [-0.39, 0.29) is 54.3 Å². The van der Waals surface area contributed by atoms with Crippen LogP contribution in [0, 0.1) is 0 Å². The Hall–Kier alpha value is -1.68. The zero-order valence-electron chi connectivity index (χ0n) is 15.5. The van der Waals surface area contributed by atoms with Crippen LogP contribution in [0.3, 0.4) is 0 Å². The first kappa shape index (κ1) is 21.0. The number of nitrogens with one attached hydrogen (secondary N) is 2. The highest BCUT2D eigenvalue weighted by Gasteiger charge is 2.38. The Morgan fingerprint density at radius 2 is 1.75 bits per heavy atom. The highest BCUT2D eigenvalue weighted by Crippen LogP contribution is 2.30. The standard InChI is InChI=1S/C18H24N4O4S.ClH/c23-17-12-21(10-9-20-17)27(25,26)16-5-1-13(2-6-16)18(24)22-14-3-4-15(22)11-19-8-7-14;/h1-2,5-6,14-15,19H,3-4,7-12H2,(H,20,23);1H. The van der Waals surface area contributed by atoms with E-state index in [1.54, 1.807) is 12.1 Å². The quantitative estimate of drug-likeness (QED) is 0.716. The second-order valence-electron chi connectivity index (χ2n) is 7.30. The van der Waals surface area contributed by atoms with Crippen molar-refractivity contribution < 1.29 is 18.0 Å². The lowest BCUT2D eigenvalue weighted by atomic mass is 10.1. The Balaban J connectivity index is 0.00000225. The number of piperazine rings is 1. The summed E-state index contributed by atoms with van der Waals surface area (Å²) in [4.78, 5) is 26.6. The van der Waals surface area contributed by atoms with Crippen molar-refractivity contribution in [2.45, 2.75) is 36.2 Å². The first-order valence-corrected chi connectivity index (χ1v) is 10.8. The molecule has 10 heteroatoms. The first-order chi connectivity index (χ1) is 13.0. The molecule has 0 saturated carbocycles. The van der Waals surface area contributed by atoms with E-state index in [0.29, 0.717) is 12.1 Å². The van der Waals surface area contributed by atoms with E-state index >= 15 is 0 Å². The summed E-state index contributed by atoms with van der Waals surface area (Å²) in [6, 6.07) is 6.56. The van der Waals surface area contributed by atoms with E-state index in [1.807, 2.05) is 4.90 Å². The van der Waals surface area contributed by atoms with Crippen LogP contribution in [-0.2, 0) is 14.8 Å². The maximum absolute atomic E-state index is 13.0. The van der Waals surface area contributed by atoms with E-state index in [9.17, 15) is 18.0 Å². The molecule has 154 valence electrons. The lowest BCUT2D eigenvalue weighted by Gasteiger charge is -2.28. The number of benzene rings is 1. The number of halogens is 1. The van der Waals surface area contributed by atoms with Crippen LogP contribution in [0.15, 0.2) is 29.2 Å². The number of hydrogen-bond donors (Lipinski definition) is 2.